The van der Waals surface area contributed by atoms with Crippen LogP contribution in [0.1, 0.15) is 5.76 Å². The lowest BCUT2D eigenvalue weighted by Gasteiger charge is -1.96. The van der Waals surface area contributed by atoms with E-state index < -0.39 is 4.92 Å². The van der Waals surface area contributed by atoms with Crippen LogP contribution in [0.3, 0.4) is 0 Å². The monoisotopic (exact) mass is 204 g/mol. The lowest BCUT2D eigenvalue weighted by Crippen LogP contribution is -1.91. The van der Waals surface area contributed by atoms with Gasteiger partial charge in [0.25, 0.3) is 5.69 Å². The van der Waals surface area contributed by atoms with Crippen molar-refractivity contribution in [1.29, 1.82) is 0 Å². The minimum absolute atomic E-state index is 0.000602. The molecule has 0 atom stereocenters. The van der Waals surface area contributed by atoms with Gasteiger partial charge in [0.05, 0.1) is 11.1 Å². The molecule has 1 heterocycles. The van der Waals surface area contributed by atoms with E-state index in [-0.39, 0.29) is 11.6 Å². The maximum atomic E-state index is 10.7. The van der Waals surface area contributed by atoms with Gasteiger partial charge in [-0.3, -0.25) is 10.1 Å². The fraction of sp³-hybridized carbons (Fsp3) is 0.100. The number of nitro benzene ring substituents is 1. The van der Waals surface area contributed by atoms with Crippen molar-refractivity contribution in [1.82, 2.24) is 4.98 Å². The molecule has 0 saturated carbocycles. The summed E-state index contributed by atoms with van der Waals surface area (Å²) in [5.41, 5.74) is 0.398. The van der Waals surface area contributed by atoms with Crippen molar-refractivity contribution in [3.05, 3.63) is 46.3 Å². The van der Waals surface area contributed by atoms with Crippen LogP contribution in [-0.4, -0.2) is 9.91 Å². The minimum atomic E-state index is -0.450. The van der Waals surface area contributed by atoms with Gasteiger partial charge in [0.2, 0.25) is 5.89 Å². The van der Waals surface area contributed by atoms with Crippen molar-refractivity contribution < 1.29 is 9.34 Å². The van der Waals surface area contributed by atoms with E-state index in [1.54, 1.807) is 25.1 Å². The molecule has 0 aliphatic carbocycles. The van der Waals surface area contributed by atoms with E-state index in [2.05, 4.69) is 4.98 Å². The number of hydrogen-bond acceptors (Lipinski definition) is 4. The molecule has 1 aromatic heterocycles. The maximum absolute atomic E-state index is 10.7. The molecule has 0 bridgehead atoms. The molecule has 5 heteroatoms. The molecule has 0 N–H and O–H groups in total. The topological polar surface area (TPSA) is 69.2 Å². The van der Waals surface area contributed by atoms with Gasteiger partial charge < -0.3 is 4.42 Å². The number of aryl methyl sites for hydroxylation is 1. The number of nitrogens with zero attached hydrogens (tertiary/aromatic N) is 2. The number of benzene rings is 1. The third kappa shape index (κ3) is 1.71. The lowest BCUT2D eigenvalue weighted by molar-refractivity contribution is -0.384. The van der Waals surface area contributed by atoms with Gasteiger partial charge >= 0.3 is 0 Å². The predicted octanol–water partition coefficient (Wildman–Crippen LogP) is 2.56. The zero-order valence-corrected chi connectivity index (χ0v) is 8.01. The number of hydrogen-bond donors (Lipinski definition) is 0. The summed E-state index contributed by atoms with van der Waals surface area (Å²) in [6.45, 7) is 1.74. The molecule has 0 aliphatic heterocycles. The Morgan fingerprint density at radius 3 is 2.73 bits per heavy atom. The second kappa shape index (κ2) is 3.53. The zero-order chi connectivity index (χ0) is 10.8. The van der Waals surface area contributed by atoms with E-state index in [9.17, 15) is 10.1 Å². The summed E-state index contributed by atoms with van der Waals surface area (Å²) < 4.78 is 5.24. The first kappa shape index (κ1) is 9.39. The Balaban J connectivity index is 2.57. The van der Waals surface area contributed by atoms with Crippen LogP contribution in [0.4, 0.5) is 5.69 Å². The van der Waals surface area contributed by atoms with E-state index in [4.69, 9.17) is 4.42 Å². The van der Waals surface area contributed by atoms with Crippen LogP contribution in [0.15, 0.2) is 34.9 Å². The molecule has 0 aliphatic rings. The van der Waals surface area contributed by atoms with Crippen LogP contribution < -0.4 is 0 Å². The molecule has 2 rings (SSSR count). The Morgan fingerprint density at radius 2 is 2.13 bits per heavy atom. The van der Waals surface area contributed by atoms with E-state index >= 15 is 0 Å². The van der Waals surface area contributed by atoms with E-state index in [0.29, 0.717) is 11.3 Å². The first-order valence-electron chi connectivity index (χ1n) is 4.34. The van der Waals surface area contributed by atoms with Gasteiger partial charge in [-0.25, -0.2) is 4.98 Å². The molecule has 0 unspecified atom stereocenters. The van der Waals surface area contributed by atoms with Gasteiger partial charge in [0, 0.05) is 6.07 Å². The number of para-hydroxylation sites is 1. The van der Waals surface area contributed by atoms with Gasteiger partial charge in [0.1, 0.15) is 11.3 Å². The van der Waals surface area contributed by atoms with Crippen LogP contribution in [0.5, 0.6) is 0 Å². The number of nitro groups is 1. The Hall–Kier alpha value is -2.17. The smallest absolute Gasteiger partial charge is 0.282 e. The molecule has 0 radical (unpaired) electrons. The molecule has 1 aromatic carbocycles. The van der Waals surface area contributed by atoms with Crippen LogP contribution in [0, 0.1) is 17.0 Å². The SMILES string of the molecule is Cc1cnc(-c2ccccc2[N+](=O)[O-])o1. The van der Waals surface area contributed by atoms with E-state index in [0.717, 1.165) is 0 Å². The highest BCUT2D eigenvalue weighted by Gasteiger charge is 2.17. The number of rotatable bonds is 2. The quantitative estimate of drug-likeness (QED) is 0.556. The first-order valence-corrected chi connectivity index (χ1v) is 4.34. The first-order chi connectivity index (χ1) is 7.18. The fourth-order valence-corrected chi connectivity index (χ4v) is 1.29. The van der Waals surface area contributed by atoms with Crippen LogP contribution >= 0.6 is 0 Å². The molecule has 0 saturated heterocycles. The van der Waals surface area contributed by atoms with Crippen molar-refractivity contribution in [2.75, 3.05) is 0 Å². The Morgan fingerprint density at radius 1 is 1.40 bits per heavy atom. The Labute approximate surface area is 85.5 Å². The highest BCUT2D eigenvalue weighted by Crippen LogP contribution is 2.28. The molecule has 0 fully saturated rings. The summed E-state index contributed by atoms with van der Waals surface area (Å²) in [4.78, 5) is 14.2. The highest BCUT2D eigenvalue weighted by atomic mass is 16.6. The second-order valence-corrected chi connectivity index (χ2v) is 3.05. The van der Waals surface area contributed by atoms with Crippen molar-refractivity contribution in [2.24, 2.45) is 0 Å². The lowest BCUT2D eigenvalue weighted by atomic mass is 10.2. The summed E-state index contributed by atoms with van der Waals surface area (Å²) in [5, 5.41) is 10.7. The molecule has 0 spiro atoms. The Kier molecular flexibility index (Phi) is 2.21. The molecule has 5 nitrogen and oxygen atoms in total. The summed E-state index contributed by atoms with van der Waals surface area (Å²) in [6.07, 6.45) is 1.53. The van der Waals surface area contributed by atoms with Crippen LogP contribution in [0.2, 0.25) is 0 Å². The summed E-state index contributed by atoms with van der Waals surface area (Å²) in [6, 6.07) is 6.36. The third-order valence-corrected chi connectivity index (χ3v) is 1.95. The second-order valence-electron chi connectivity index (χ2n) is 3.05. The van der Waals surface area contributed by atoms with Crippen molar-refractivity contribution in [3.8, 4) is 11.5 Å². The average molecular weight is 204 g/mol. The summed E-state index contributed by atoms with van der Waals surface area (Å²) in [7, 11) is 0. The highest BCUT2D eigenvalue weighted by molar-refractivity contribution is 5.66. The maximum Gasteiger partial charge on any atom is 0.282 e. The van der Waals surface area contributed by atoms with Gasteiger partial charge in [-0.05, 0) is 13.0 Å². The van der Waals surface area contributed by atoms with Crippen molar-refractivity contribution in [2.45, 2.75) is 6.92 Å². The third-order valence-electron chi connectivity index (χ3n) is 1.95. The molecule has 2 aromatic rings. The van der Waals surface area contributed by atoms with Crippen LogP contribution in [0.25, 0.3) is 11.5 Å². The molecular weight excluding hydrogens is 196 g/mol. The molecular formula is C10H8N2O3. The van der Waals surface area contributed by atoms with E-state index in [1.807, 2.05) is 0 Å². The fourth-order valence-electron chi connectivity index (χ4n) is 1.29. The standard InChI is InChI=1S/C10H8N2O3/c1-7-6-11-10(15-7)8-4-2-3-5-9(8)12(13)14/h2-6H,1H3. The number of oxazole rings is 1. The van der Waals surface area contributed by atoms with Crippen molar-refractivity contribution in [3.63, 3.8) is 0 Å². The number of aromatic nitrogens is 1. The van der Waals surface area contributed by atoms with E-state index in [1.165, 1.54) is 12.3 Å². The van der Waals surface area contributed by atoms with Gasteiger partial charge in [-0.1, -0.05) is 12.1 Å². The van der Waals surface area contributed by atoms with Gasteiger partial charge in [0.15, 0.2) is 0 Å². The summed E-state index contributed by atoms with van der Waals surface area (Å²) >= 11 is 0. The largest absolute Gasteiger partial charge is 0.441 e. The predicted molar refractivity (Wildman–Crippen MR) is 53.3 cm³/mol. The zero-order valence-electron chi connectivity index (χ0n) is 8.01. The van der Waals surface area contributed by atoms with Crippen molar-refractivity contribution >= 4 is 5.69 Å². The molecule has 15 heavy (non-hydrogen) atoms. The molecule has 76 valence electrons. The summed E-state index contributed by atoms with van der Waals surface area (Å²) in [5.74, 6) is 0.906. The van der Waals surface area contributed by atoms with Gasteiger partial charge in [-0.2, -0.15) is 0 Å². The minimum Gasteiger partial charge on any atom is -0.441 e. The normalized spacial score (nSPS) is 10.2. The average Bonchev–Trinajstić information content (AvgIpc) is 2.65. The Bertz CT molecular complexity index is 505. The van der Waals surface area contributed by atoms with Crippen LogP contribution in [-0.2, 0) is 0 Å². The molecule has 0 amide bonds. The van der Waals surface area contributed by atoms with Gasteiger partial charge in [-0.15, -0.1) is 0 Å².